The molecule has 0 aliphatic heterocycles. The molecular weight excluding hydrogens is 224 g/mol. The molecule has 0 amide bonds. The number of hydrogen-bond acceptors (Lipinski definition) is 2. The van der Waals surface area contributed by atoms with Crippen molar-refractivity contribution in [3.63, 3.8) is 0 Å². The Labute approximate surface area is 112 Å². The SMILES string of the molecule is C1CCC(OCCCCOC2CCCCC2)CC1. The van der Waals surface area contributed by atoms with Gasteiger partial charge in [0, 0.05) is 13.2 Å². The lowest BCUT2D eigenvalue weighted by molar-refractivity contribution is 0.00761. The summed E-state index contributed by atoms with van der Waals surface area (Å²) in [6.07, 6.45) is 16.9. The third-order valence-electron chi connectivity index (χ3n) is 4.35. The molecule has 18 heavy (non-hydrogen) atoms. The fourth-order valence-electron chi connectivity index (χ4n) is 3.17. The third kappa shape index (κ3) is 5.71. The molecular formula is C16H30O2. The van der Waals surface area contributed by atoms with Crippen LogP contribution >= 0.6 is 0 Å². The molecule has 0 aromatic carbocycles. The zero-order valence-corrected chi connectivity index (χ0v) is 11.9. The van der Waals surface area contributed by atoms with Crippen LogP contribution in [0.1, 0.15) is 77.0 Å². The van der Waals surface area contributed by atoms with Gasteiger partial charge in [-0.2, -0.15) is 0 Å². The first kappa shape index (κ1) is 14.3. The van der Waals surface area contributed by atoms with Gasteiger partial charge in [0.05, 0.1) is 12.2 Å². The van der Waals surface area contributed by atoms with Crippen LogP contribution in [0.5, 0.6) is 0 Å². The van der Waals surface area contributed by atoms with Crippen LogP contribution in [0.2, 0.25) is 0 Å². The molecule has 2 rings (SSSR count). The van der Waals surface area contributed by atoms with E-state index >= 15 is 0 Å². The fraction of sp³-hybridized carbons (Fsp3) is 1.00. The highest BCUT2D eigenvalue weighted by molar-refractivity contribution is 4.66. The van der Waals surface area contributed by atoms with E-state index in [0.29, 0.717) is 12.2 Å². The lowest BCUT2D eigenvalue weighted by atomic mass is 9.98. The Morgan fingerprint density at radius 3 is 1.33 bits per heavy atom. The van der Waals surface area contributed by atoms with Crippen molar-refractivity contribution in [2.24, 2.45) is 0 Å². The molecule has 2 saturated carbocycles. The predicted molar refractivity (Wildman–Crippen MR) is 74.9 cm³/mol. The summed E-state index contributed by atoms with van der Waals surface area (Å²) < 4.78 is 11.8. The van der Waals surface area contributed by atoms with Crippen molar-refractivity contribution >= 4 is 0 Å². The van der Waals surface area contributed by atoms with Gasteiger partial charge < -0.3 is 9.47 Å². The average Bonchev–Trinajstić information content (AvgIpc) is 2.45. The van der Waals surface area contributed by atoms with Crippen LogP contribution in [0.4, 0.5) is 0 Å². The molecule has 0 aromatic heterocycles. The van der Waals surface area contributed by atoms with Crippen molar-refractivity contribution in [2.45, 2.75) is 89.3 Å². The zero-order chi connectivity index (χ0) is 12.5. The standard InChI is InChI=1S/C16H30O2/c1-3-9-15(10-4-1)17-13-7-8-14-18-16-11-5-2-6-12-16/h15-16H,1-14H2. The monoisotopic (exact) mass is 254 g/mol. The second-order valence-electron chi connectivity index (χ2n) is 5.97. The van der Waals surface area contributed by atoms with Crippen molar-refractivity contribution in [2.75, 3.05) is 13.2 Å². The number of rotatable bonds is 7. The smallest absolute Gasteiger partial charge is 0.0575 e. The summed E-state index contributed by atoms with van der Waals surface area (Å²) in [4.78, 5) is 0. The highest BCUT2D eigenvalue weighted by atomic mass is 16.5. The molecule has 0 N–H and O–H groups in total. The maximum absolute atomic E-state index is 5.92. The molecule has 0 unspecified atom stereocenters. The van der Waals surface area contributed by atoms with Crippen LogP contribution in [0.3, 0.4) is 0 Å². The average molecular weight is 254 g/mol. The maximum atomic E-state index is 5.92. The van der Waals surface area contributed by atoms with E-state index < -0.39 is 0 Å². The molecule has 0 saturated heterocycles. The Morgan fingerprint density at radius 2 is 0.944 bits per heavy atom. The molecule has 106 valence electrons. The van der Waals surface area contributed by atoms with E-state index in [9.17, 15) is 0 Å². The van der Waals surface area contributed by atoms with E-state index in [1.807, 2.05) is 0 Å². The molecule has 0 heterocycles. The minimum Gasteiger partial charge on any atom is -0.378 e. The van der Waals surface area contributed by atoms with Crippen LogP contribution in [0.25, 0.3) is 0 Å². The zero-order valence-electron chi connectivity index (χ0n) is 11.9. The van der Waals surface area contributed by atoms with Crippen molar-refractivity contribution in [1.82, 2.24) is 0 Å². The first-order valence-electron chi connectivity index (χ1n) is 8.18. The van der Waals surface area contributed by atoms with Crippen LogP contribution in [-0.4, -0.2) is 25.4 Å². The highest BCUT2D eigenvalue weighted by Gasteiger charge is 2.14. The lowest BCUT2D eigenvalue weighted by Crippen LogP contribution is -2.18. The largest absolute Gasteiger partial charge is 0.378 e. The van der Waals surface area contributed by atoms with Gasteiger partial charge in [-0.15, -0.1) is 0 Å². The molecule has 2 fully saturated rings. The Hall–Kier alpha value is -0.0800. The summed E-state index contributed by atoms with van der Waals surface area (Å²) in [6, 6.07) is 0. The molecule has 2 nitrogen and oxygen atoms in total. The minimum absolute atomic E-state index is 0.568. The van der Waals surface area contributed by atoms with Gasteiger partial charge in [0.1, 0.15) is 0 Å². The Morgan fingerprint density at radius 1 is 0.556 bits per heavy atom. The molecule has 0 aromatic rings. The molecule has 2 aliphatic carbocycles. The minimum atomic E-state index is 0.568. The van der Waals surface area contributed by atoms with Gasteiger partial charge in [0.2, 0.25) is 0 Å². The van der Waals surface area contributed by atoms with E-state index in [1.54, 1.807) is 0 Å². The third-order valence-corrected chi connectivity index (χ3v) is 4.35. The topological polar surface area (TPSA) is 18.5 Å². The lowest BCUT2D eigenvalue weighted by Gasteiger charge is -2.23. The van der Waals surface area contributed by atoms with E-state index in [0.717, 1.165) is 13.2 Å². The number of unbranched alkanes of at least 4 members (excludes halogenated alkanes) is 1. The molecule has 2 heteroatoms. The summed E-state index contributed by atoms with van der Waals surface area (Å²) in [6.45, 7) is 1.89. The van der Waals surface area contributed by atoms with Gasteiger partial charge in [-0.25, -0.2) is 0 Å². The molecule has 0 spiro atoms. The fourth-order valence-corrected chi connectivity index (χ4v) is 3.17. The van der Waals surface area contributed by atoms with Gasteiger partial charge in [0.15, 0.2) is 0 Å². The van der Waals surface area contributed by atoms with Crippen LogP contribution in [0, 0.1) is 0 Å². The quantitative estimate of drug-likeness (QED) is 0.624. The highest BCUT2D eigenvalue weighted by Crippen LogP contribution is 2.21. The summed E-state index contributed by atoms with van der Waals surface area (Å²) in [5.74, 6) is 0. The van der Waals surface area contributed by atoms with Gasteiger partial charge in [0.25, 0.3) is 0 Å². The summed E-state index contributed by atoms with van der Waals surface area (Å²) >= 11 is 0. The van der Waals surface area contributed by atoms with E-state index in [4.69, 9.17) is 9.47 Å². The summed E-state index contributed by atoms with van der Waals surface area (Å²) in [5.41, 5.74) is 0. The molecule has 2 aliphatic rings. The first-order valence-corrected chi connectivity index (χ1v) is 8.18. The van der Waals surface area contributed by atoms with Crippen molar-refractivity contribution in [1.29, 1.82) is 0 Å². The van der Waals surface area contributed by atoms with E-state index in [1.165, 1.54) is 77.0 Å². The number of hydrogen-bond donors (Lipinski definition) is 0. The van der Waals surface area contributed by atoms with E-state index in [-0.39, 0.29) is 0 Å². The van der Waals surface area contributed by atoms with Crippen LogP contribution in [-0.2, 0) is 9.47 Å². The Balaban J connectivity index is 1.39. The van der Waals surface area contributed by atoms with Gasteiger partial charge in [-0.05, 0) is 38.5 Å². The van der Waals surface area contributed by atoms with Crippen LogP contribution in [0.15, 0.2) is 0 Å². The van der Waals surface area contributed by atoms with Gasteiger partial charge in [-0.3, -0.25) is 0 Å². The first-order chi connectivity index (χ1) is 8.95. The maximum Gasteiger partial charge on any atom is 0.0575 e. The summed E-state index contributed by atoms with van der Waals surface area (Å²) in [7, 11) is 0. The molecule has 0 radical (unpaired) electrons. The molecule has 0 atom stereocenters. The Kier molecular flexibility index (Phi) is 7.11. The van der Waals surface area contributed by atoms with Gasteiger partial charge >= 0.3 is 0 Å². The normalized spacial score (nSPS) is 23.3. The van der Waals surface area contributed by atoms with Crippen molar-refractivity contribution in [3.05, 3.63) is 0 Å². The molecule has 0 bridgehead atoms. The van der Waals surface area contributed by atoms with Crippen molar-refractivity contribution < 1.29 is 9.47 Å². The predicted octanol–water partition coefficient (Wildman–Crippen LogP) is 4.47. The van der Waals surface area contributed by atoms with E-state index in [2.05, 4.69) is 0 Å². The second-order valence-corrected chi connectivity index (χ2v) is 5.97. The van der Waals surface area contributed by atoms with Crippen LogP contribution < -0.4 is 0 Å². The summed E-state index contributed by atoms with van der Waals surface area (Å²) in [5, 5.41) is 0. The van der Waals surface area contributed by atoms with Gasteiger partial charge in [-0.1, -0.05) is 38.5 Å². The Bertz CT molecular complexity index is 171. The second kappa shape index (κ2) is 8.92. The number of ether oxygens (including phenoxy) is 2. The van der Waals surface area contributed by atoms with Crippen molar-refractivity contribution in [3.8, 4) is 0 Å².